The van der Waals surface area contributed by atoms with Gasteiger partial charge in [-0.3, -0.25) is 10.3 Å². The quantitative estimate of drug-likeness (QED) is 0.553. The third kappa shape index (κ3) is 0.881. The molecule has 0 spiro atoms. The van der Waals surface area contributed by atoms with Crippen molar-refractivity contribution in [2.45, 2.75) is 18.9 Å². The van der Waals surface area contributed by atoms with E-state index in [1.807, 2.05) is 0 Å². The van der Waals surface area contributed by atoms with E-state index >= 15 is 0 Å². The van der Waals surface area contributed by atoms with E-state index in [9.17, 15) is 0 Å². The van der Waals surface area contributed by atoms with Crippen LogP contribution in [0.4, 0.5) is 0 Å². The van der Waals surface area contributed by atoms with E-state index in [0.29, 0.717) is 6.04 Å². The van der Waals surface area contributed by atoms with Crippen LogP contribution in [0.3, 0.4) is 0 Å². The lowest BCUT2D eigenvalue weighted by molar-refractivity contribution is 0.603. The SMILES string of the molecule is C1CN[C@@H](c2nnn[n-]2)C1. The molecule has 1 aromatic heterocycles. The second-order valence-corrected chi connectivity index (χ2v) is 2.39. The van der Waals surface area contributed by atoms with E-state index in [1.165, 1.54) is 6.42 Å². The van der Waals surface area contributed by atoms with Crippen LogP contribution in [0.1, 0.15) is 24.7 Å². The summed E-state index contributed by atoms with van der Waals surface area (Å²) in [5, 5.41) is 17.6. The molecule has 0 unspecified atom stereocenters. The summed E-state index contributed by atoms with van der Waals surface area (Å²) in [5.74, 6) is 0.734. The van der Waals surface area contributed by atoms with Gasteiger partial charge in [-0.2, -0.15) is 5.21 Å². The highest BCUT2D eigenvalue weighted by Crippen LogP contribution is 2.17. The zero-order valence-corrected chi connectivity index (χ0v) is 5.49. The fourth-order valence-corrected chi connectivity index (χ4v) is 1.20. The largest absolute Gasteiger partial charge is 0.334 e. The molecule has 1 aliphatic rings. The lowest BCUT2D eigenvalue weighted by Crippen LogP contribution is -2.14. The predicted molar refractivity (Wildman–Crippen MR) is 33.1 cm³/mol. The summed E-state index contributed by atoms with van der Waals surface area (Å²) in [7, 11) is 0. The molecule has 0 amide bonds. The molecule has 0 aromatic carbocycles. The van der Waals surface area contributed by atoms with E-state index in [1.54, 1.807) is 0 Å². The molecule has 5 nitrogen and oxygen atoms in total. The molecule has 0 aliphatic carbocycles. The third-order valence-electron chi connectivity index (χ3n) is 1.71. The Bertz CT molecular complexity index is 188. The molecule has 1 saturated heterocycles. The van der Waals surface area contributed by atoms with Gasteiger partial charge in [-0.1, -0.05) is 0 Å². The van der Waals surface area contributed by atoms with Gasteiger partial charge in [-0.05, 0) is 19.4 Å². The molecule has 1 aromatic rings. The number of hydrogen-bond acceptors (Lipinski definition) is 4. The van der Waals surface area contributed by atoms with Crippen molar-refractivity contribution in [3.8, 4) is 0 Å². The van der Waals surface area contributed by atoms with Gasteiger partial charge in [-0.15, -0.1) is 0 Å². The van der Waals surface area contributed by atoms with E-state index in [0.717, 1.165) is 18.8 Å². The highest BCUT2D eigenvalue weighted by Gasteiger charge is 2.14. The lowest BCUT2D eigenvalue weighted by Gasteiger charge is -2.07. The minimum absolute atomic E-state index is 0.301. The zero-order valence-electron chi connectivity index (χ0n) is 5.49. The van der Waals surface area contributed by atoms with Crippen LogP contribution in [0, 0.1) is 0 Å². The van der Waals surface area contributed by atoms with Crippen LogP contribution < -0.4 is 10.4 Å². The summed E-state index contributed by atoms with van der Waals surface area (Å²) in [4.78, 5) is 0. The highest BCUT2D eigenvalue weighted by atomic mass is 15.5. The Hall–Kier alpha value is -0.970. The summed E-state index contributed by atoms with van der Waals surface area (Å²) >= 11 is 0. The lowest BCUT2D eigenvalue weighted by atomic mass is 10.2. The molecule has 54 valence electrons. The summed E-state index contributed by atoms with van der Waals surface area (Å²) < 4.78 is 0. The minimum Gasteiger partial charge on any atom is -0.334 e. The van der Waals surface area contributed by atoms with E-state index in [2.05, 4.69) is 25.9 Å². The molecule has 2 heterocycles. The Morgan fingerprint density at radius 2 is 2.60 bits per heavy atom. The van der Waals surface area contributed by atoms with Crippen molar-refractivity contribution in [2.75, 3.05) is 6.54 Å². The zero-order chi connectivity index (χ0) is 6.81. The molecule has 0 radical (unpaired) electrons. The molecule has 10 heavy (non-hydrogen) atoms. The summed E-state index contributed by atoms with van der Waals surface area (Å²) in [6, 6.07) is 0.301. The van der Waals surface area contributed by atoms with Crippen LogP contribution in [0.25, 0.3) is 0 Å². The fraction of sp³-hybridized carbons (Fsp3) is 0.800. The van der Waals surface area contributed by atoms with Crippen molar-refractivity contribution in [2.24, 2.45) is 0 Å². The van der Waals surface area contributed by atoms with Crippen LogP contribution in [-0.2, 0) is 0 Å². The van der Waals surface area contributed by atoms with Crippen molar-refractivity contribution < 1.29 is 0 Å². The van der Waals surface area contributed by atoms with Crippen LogP contribution >= 0.6 is 0 Å². The van der Waals surface area contributed by atoms with Gasteiger partial charge in [0.2, 0.25) is 0 Å². The van der Waals surface area contributed by atoms with Crippen molar-refractivity contribution in [3.05, 3.63) is 5.82 Å². The molecule has 1 aliphatic heterocycles. The maximum absolute atomic E-state index is 3.76. The Labute approximate surface area is 58.2 Å². The smallest absolute Gasteiger partial charge is 0.0388 e. The van der Waals surface area contributed by atoms with Crippen LogP contribution in [-0.4, -0.2) is 22.1 Å². The Kier molecular flexibility index (Phi) is 1.35. The standard InChI is InChI=1S/C5H8N5/c1-2-4(6-3-1)5-7-9-10-8-5/h4,6H,1-3H2/q-1/t4-/m1/s1. The van der Waals surface area contributed by atoms with Gasteiger partial charge in [0, 0.05) is 11.9 Å². The van der Waals surface area contributed by atoms with E-state index < -0.39 is 0 Å². The third-order valence-corrected chi connectivity index (χ3v) is 1.71. The van der Waals surface area contributed by atoms with Gasteiger partial charge in [0.05, 0.1) is 0 Å². The summed E-state index contributed by atoms with van der Waals surface area (Å²) in [6.07, 6.45) is 2.30. The van der Waals surface area contributed by atoms with Gasteiger partial charge in [0.15, 0.2) is 0 Å². The first-order valence-corrected chi connectivity index (χ1v) is 3.39. The molecule has 1 atom stereocenters. The second-order valence-electron chi connectivity index (χ2n) is 2.39. The second kappa shape index (κ2) is 2.34. The first-order valence-electron chi connectivity index (χ1n) is 3.39. The molecular weight excluding hydrogens is 130 g/mol. The Morgan fingerprint density at radius 1 is 1.60 bits per heavy atom. The van der Waals surface area contributed by atoms with Crippen LogP contribution in [0.5, 0.6) is 0 Å². The van der Waals surface area contributed by atoms with Crippen LogP contribution in [0.2, 0.25) is 0 Å². The molecular formula is C5H8N5-. The number of rotatable bonds is 1. The topological polar surface area (TPSA) is 64.8 Å². The normalized spacial score (nSPS) is 25.4. The van der Waals surface area contributed by atoms with Crippen molar-refractivity contribution in [1.29, 1.82) is 0 Å². The average molecular weight is 138 g/mol. The van der Waals surface area contributed by atoms with Crippen molar-refractivity contribution in [3.63, 3.8) is 0 Å². The van der Waals surface area contributed by atoms with E-state index in [4.69, 9.17) is 0 Å². The minimum atomic E-state index is 0.301. The number of tetrazole rings is 1. The molecule has 0 bridgehead atoms. The summed E-state index contributed by atoms with van der Waals surface area (Å²) in [5.41, 5.74) is 0. The van der Waals surface area contributed by atoms with Gasteiger partial charge >= 0.3 is 0 Å². The van der Waals surface area contributed by atoms with Gasteiger partial charge in [0.25, 0.3) is 0 Å². The monoisotopic (exact) mass is 138 g/mol. The fourth-order valence-electron chi connectivity index (χ4n) is 1.20. The van der Waals surface area contributed by atoms with Gasteiger partial charge in [0.1, 0.15) is 0 Å². The average Bonchev–Trinajstić information content (AvgIpc) is 2.59. The van der Waals surface area contributed by atoms with Crippen molar-refractivity contribution >= 4 is 0 Å². The summed E-state index contributed by atoms with van der Waals surface area (Å²) in [6.45, 7) is 1.05. The number of hydrogen-bond donors (Lipinski definition) is 1. The molecule has 2 rings (SSSR count). The molecule has 1 N–H and O–H groups in total. The number of nitrogens with zero attached hydrogens (tertiary/aromatic N) is 4. The van der Waals surface area contributed by atoms with E-state index in [-0.39, 0.29) is 0 Å². The maximum atomic E-state index is 3.76. The molecule has 1 fully saturated rings. The first kappa shape index (κ1) is 5.79. The first-order chi connectivity index (χ1) is 4.97. The van der Waals surface area contributed by atoms with Gasteiger partial charge in [-0.25, -0.2) is 0 Å². The Balaban J connectivity index is 2.12. The Morgan fingerprint density at radius 3 is 3.20 bits per heavy atom. The highest BCUT2D eigenvalue weighted by molar-refractivity contribution is 4.91. The maximum Gasteiger partial charge on any atom is 0.0388 e. The van der Waals surface area contributed by atoms with Crippen molar-refractivity contribution in [1.82, 2.24) is 25.9 Å². The molecule has 0 saturated carbocycles. The molecule has 5 heteroatoms. The number of nitrogens with one attached hydrogen (secondary N) is 1. The van der Waals surface area contributed by atoms with Crippen LogP contribution in [0.15, 0.2) is 0 Å². The van der Waals surface area contributed by atoms with Gasteiger partial charge < -0.3 is 10.4 Å². The number of aromatic nitrogens is 4. The predicted octanol–water partition coefficient (Wildman–Crippen LogP) is -0.747.